The van der Waals surface area contributed by atoms with Crippen molar-refractivity contribution in [1.82, 2.24) is 19.8 Å². The molecule has 1 N–H and O–H groups in total. The fraction of sp³-hybridized carbons (Fsp3) is 0.765. The summed E-state index contributed by atoms with van der Waals surface area (Å²) in [5, 5.41) is 9.15. The van der Waals surface area contributed by atoms with E-state index < -0.39 is 0 Å². The van der Waals surface area contributed by atoms with Gasteiger partial charge in [0.05, 0.1) is 0 Å². The Hall–Kier alpha value is -1.24. The van der Waals surface area contributed by atoms with Crippen LogP contribution in [0.25, 0.3) is 0 Å². The largest absolute Gasteiger partial charge is 0.396 e. The van der Waals surface area contributed by atoms with Gasteiger partial charge in [-0.2, -0.15) is 0 Å². The van der Waals surface area contributed by atoms with Gasteiger partial charge in [0.1, 0.15) is 0 Å². The first-order chi connectivity index (χ1) is 11.0. The SMILES string of the molecule is CN(C)c1ncc(CN2CC[C@H](N(C)C)[C@H](CCCO)C2)cn1. The van der Waals surface area contributed by atoms with Crippen LogP contribution in [0.2, 0.25) is 0 Å². The van der Waals surface area contributed by atoms with Crippen LogP contribution < -0.4 is 4.90 Å². The number of nitrogens with zero attached hydrogens (tertiary/aromatic N) is 5. The van der Waals surface area contributed by atoms with E-state index in [9.17, 15) is 0 Å². The molecule has 0 aromatic carbocycles. The topological polar surface area (TPSA) is 55.7 Å². The summed E-state index contributed by atoms with van der Waals surface area (Å²) in [7, 11) is 8.24. The molecule has 1 fully saturated rings. The minimum absolute atomic E-state index is 0.288. The van der Waals surface area contributed by atoms with E-state index in [1.54, 1.807) is 0 Å². The monoisotopic (exact) mass is 321 g/mol. The minimum atomic E-state index is 0.288. The van der Waals surface area contributed by atoms with Gasteiger partial charge in [-0.3, -0.25) is 4.90 Å². The molecule has 2 heterocycles. The van der Waals surface area contributed by atoms with Gasteiger partial charge < -0.3 is 14.9 Å². The summed E-state index contributed by atoms with van der Waals surface area (Å²) >= 11 is 0. The minimum Gasteiger partial charge on any atom is -0.396 e. The van der Waals surface area contributed by atoms with Crippen molar-refractivity contribution in [1.29, 1.82) is 0 Å². The Balaban J connectivity index is 1.95. The number of piperidine rings is 1. The Labute approximate surface area is 140 Å². The first-order valence-corrected chi connectivity index (χ1v) is 8.49. The number of likely N-dealkylation sites (tertiary alicyclic amines) is 1. The summed E-state index contributed by atoms with van der Waals surface area (Å²) in [6.45, 7) is 3.38. The van der Waals surface area contributed by atoms with Crippen LogP contribution in [0.15, 0.2) is 12.4 Å². The zero-order valence-electron chi connectivity index (χ0n) is 14.9. The van der Waals surface area contributed by atoms with Crippen molar-refractivity contribution in [2.45, 2.75) is 31.8 Å². The van der Waals surface area contributed by atoms with Gasteiger partial charge in [-0.25, -0.2) is 9.97 Å². The zero-order valence-corrected chi connectivity index (χ0v) is 14.9. The van der Waals surface area contributed by atoms with Crippen molar-refractivity contribution in [3.63, 3.8) is 0 Å². The van der Waals surface area contributed by atoms with Crippen LogP contribution in [0, 0.1) is 5.92 Å². The van der Waals surface area contributed by atoms with Gasteiger partial charge in [0, 0.05) is 57.8 Å². The Morgan fingerprint density at radius 3 is 2.48 bits per heavy atom. The molecule has 0 radical (unpaired) electrons. The number of hydrogen-bond acceptors (Lipinski definition) is 6. The van der Waals surface area contributed by atoms with Crippen molar-refractivity contribution in [2.24, 2.45) is 5.92 Å². The highest BCUT2D eigenvalue weighted by molar-refractivity contribution is 5.26. The van der Waals surface area contributed by atoms with Gasteiger partial charge in [-0.15, -0.1) is 0 Å². The van der Waals surface area contributed by atoms with Crippen molar-refractivity contribution >= 4 is 5.95 Å². The maximum absolute atomic E-state index is 9.15. The predicted molar refractivity (Wildman–Crippen MR) is 93.5 cm³/mol. The molecule has 0 spiro atoms. The third-order valence-corrected chi connectivity index (χ3v) is 4.67. The molecule has 1 aromatic rings. The zero-order chi connectivity index (χ0) is 16.8. The van der Waals surface area contributed by atoms with Gasteiger partial charge >= 0.3 is 0 Å². The Kier molecular flexibility index (Phi) is 6.74. The number of rotatable bonds is 7. The molecular weight excluding hydrogens is 290 g/mol. The van der Waals surface area contributed by atoms with Crippen LogP contribution in [0.3, 0.4) is 0 Å². The van der Waals surface area contributed by atoms with E-state index in [0.29, 0.717) is 12.0 Å². The van der Waals surface area contributed by atoms with E-state index in [-0.39, 0.29) is 6.61 Å². The predicted octanol–water partition coefficient (Wildman–Crippen LogP) is 1.07. The molecule has 1 aliphatic rings. The highest BCUT2D eigenvalue weighted by Gasteiger charge is 2.30. The van der Waals surface area contributed by atoms with Crippen LogP contribution in [0.5, 0.6) is 0 Å². The van der Waals surface area contributed by atoms with Gasteiger partial charge in [-0.1, -0.05) is 0 Å². The molecule has 1 saturated heterocycles. The number of hydrogen-bond donors (Lipinski definition) is 1. The molecule has 6 heteroatoms. The average Bonchev–Trinajstić information content (AvgIpc) is 2.53. The average molecular weight is 321 g/mol. The number of anilines is 1. The molecule has 1 aromatic heterocycles. The third kappa shape index (κ3) is 5.12. The van der Waals surface area contributed by atoms with Gasteiger partial charge in [0.15, 0.2) is 0 Å². The van der Waals surface area contributed by atoms with E-state index in [1.807, 2.05) is 31.4 Å². The normalized spacial score (nSPS) is 22.5. The summed E-state index contributed by atoms with van der Waals surface area (Å²) < 4.78 is 0. The van der Waals surface area contributed by atoms with Crippen LogP contribution in [0.1, 0.15) is 24.8 Å². The first kappa shape index (κ1) is 18.1. The van der Waals surface area contributed by atoms with Crippen LogP contribution in [0.4, 0.5) is 5.95 Å². The Bertz CT molecular complexity index is 463. The van der Waals surface area contributed by atoms with E-state index in [2.05, 4.69) is 33.9 Å². The van der Waals surface area contributed by atoms with Crippen molar-refractivity contribution in [3.05, 3.63) is 18.0 Å². The molecular formula is C17H31N5O. The van der Waals surface area contributed by atoms with E-state index in [4.69, 9.17) is 5.11 Å². The lowest BCUT2D eigenvalue weighted by atomic mass is 9.87. The van der Waals surface area contributed by atoms with Gasteiger partial charge in [0.25, 0.3) is 0 Å². The van der Waals surface area contributed by atoms with E-state index in [1.165, 1.54) is 12.0 Å². The first-order valence-electron chi connectivity index (χ1n) is 8.49. The Morgan fingerprint density at radius 2 is 1.91 bits per heavy atom. The lowest BCUT2D eigenvalue weighted by molar-refractivity contribution is 0.0716. The lowest BCUT2D eigenvalue weighted by Gasteiger charge is -2.41. The highest BCUT2D eigenvalue weighted by Crippen LogP contribution is 2.25. The standard InChI is InChI=1S/C17H31N5O/c1-20(2)16-7-8-22(13-15(16)6-5-9-23)12-14-10-18-17(19-11-14)21(3)4/h10-11,15-16,23H,5-9,12-13H2,1-4H3/t15-,16+/m1/s1. The fourth-order valence-electron chi connectivity index (χ4n) is 3.47. The van der Waals surface area contributed by atoms with Crippen molar-refractivity contribution in [2.75, 3.05) is 52.8 Å². The van der Waals surface area contributed by atoms with Gasteiger partial charge in [-0.05, 0) is 45.8 Å². The molecule has 1 aliphatic heterocycles. The molecule has 23 heavy (non-hydrogen) atoms. The quantitative estimate of drug-likeness (QED) is 0.811. The smallest absolute Gasteiger partial charge is 0.224 e. The highest BCUT2D eigenvalue weighted by atomic mass is 16.2. The molecule has 0 saturated carbocycles. The van der Waals surface area contributed by atoms with Crippen LogP contribution in [-0.2, 0) is 6.54 Å². The molecule has 2 rings (SSSR count). The van der Waals surface area contributed by atoms with Crippen LogP contribution in [-0.4, -0.2) is 78.8 Å². The van der Waals surface area contributed by atoms with Crippen molar-refractivity contribution in [3.8, 4) is 0 Å². The van der Waals surface area contributed by atoms with E-state index >= 15 is 0 Å². The van der Waals surface area contributed by atoms with Crippen molar-refractivity contribution < 1.29 is 5.11 Å². The number of aromatic nitrogens is 2. The van der Waals surface area contributed by atoms with Crippen LogP contribution >= 0.6 is 0 Å². The maximum atomic E-state index is 9.15. The Morgan fingerprint density at radius 1 is 1.22 bits per heavy atom. The van der Waals surface area contributed by atoms with Gasteiger partial charge in [0.2, 0.25) is 5.95 Å². The summed E-state index contributed by atoms with van der Waals surface area (Å²) in [6.07, 6.45) is 7.03. The molecule has 6 nitrogen and oxygen atoms in total. The summed E-state index contributed by atoms with van der Waals surface area (Å²) in [5.41, 5.74) is 1.17. The summed E-state index contributed by atoms with van der Waals surface area (Å²) in [4.78, 5) is 15.6. The van der Waals surface area contributed by atoms with E-state index in [0.717, 1.165) is 38.4 Å². The molecule has 0 bridgehead atoms. The number of aliphatic hydroxyl groups is 1. The molecule has 2 atom stereocenters. The lowest BCUT2D eigenvalue weighted by Crippen LogP contribution is -2.48. The fourth-order valence-corrected chi connectivity index (χ4v) is 3.47. The maximum Gasteiger partial charge on any atom is 0.224 e. The summed E-state index contributed by atoms with van der Waals surface area (Å²) in [6, 6.07) is 0.616. The molecule has 0 amide bonds. The molecule has 0 unspecified atom stereocenters. The second-order valence-corrected chi connectivity index (χ2v) is 6.97. The summed E-state index contributed by atoms with van der Waals surface area (Å²) in [5.74, 6) is 1.37. The second-order valence-electron chi connectivity index (χ2n) is 6.97. The number of aliphatic hydroxyl groups excluding tert-OH is 1. The second kappa shape index (κ2) is 8.57. The molecule has 130 valence electrons. The molecule has 0 aliphatic carbocycles. The third-order valence-electron chi connectivity index (χ3n) is 4.67.